The molecule has 0 atom stereocenters. The average molecular weight is 1150 g/mol. The predicted octanol–water partition coefficient (Wildman–Crippen LogP) is 21.2. The number of rotatable bonds is 8. The van der Waals surface area contributed by atoms with Crippen LogP contribution in [0.3, 0.4) is 0 Å². The van der Waals surface area contributed by atoms with E-state index < -0.39 is 207 Å². The van der Waals surface area contributed by atoms with Crippen LogP contribution in [0.2, 0.25) is 0 Å². The first kappa shape index (κ1) is 31.7. The minimum absolute atomic E-state index is 0.00614. The summed E-state index contributed by atoms with van der Waals surface area (Å²) in [7, 11) is 0. The van der Waals surface area contributed by atoms with Crippen LogP contribution in [0.5, 0.6) is 11.5 Å². The molecule has 0 fully saturated rings. The van der Waals surface area contributed by atoms with Gasteiger partial charge in [-0.2, -0.15) is 0 Å². The fourth-order valence-corrected chi connectivity index (χ4v) is 11.7. The van der Waals surface area contributed by atoms with Gasteiger partial charge in [0.15, 0.2) is 0 Å². The molecule has 0 spiro atoms. The summed E-state index contributed by atoms with van der Waals surface area (Å²) in [4.78, 5) is 4.86. The quantitative estimate of drug-likeness (QED) is 0.112. The molecule has 87 heavy (non-hydrogen) atoms. The molecule has 0 bridgehead atoms. The topological polar surface area (TPSA) is 35.9 Å². The van der Waals surface area contributed by atoms with E-state index in [1.54, 1.807) is 63.4 Å². The Balaban J connectivity index is 1.14. The molecule has 4 heterocycles. The van der Waals surface area contributed by atoms with Gasteiger partial charge in [-0.1, -0.05) is 205 Å². The summed E-state index contributed by atoms with van der Waals surface area (Å²) in [5, 5.41) is 1.81. The number of imidazole rings is 1. The zero-order valence-electron chi connectivity index (χ0n) is 74.8. The van der Waals surface area contributed by atoms with E-state index in [0.717, 1.165) is 27.4 Å². The summed E-state index contributed by atoms with van der Waals surface area (Å²) < 4.78 is 265. The number of benzene rings is 11. The molecule has 0 saturated carbocycles. The van der Waals surface area contributed by atoms with Gasteiger partial charge in [-0.25, -0.2) is 4.98 Å². The van der Waals surface area contributed by atoms with Crippen LogP contribution < -0.4 is 9.30 Å². The van der Waals surface area contributed by atoms with Gasteiger partial charge in [-0.05, 0) is 203 Å². The second-order valence-corrected chi connectivity index (χ2v) is 23.3. The summed E-state index contributed by atoms with van der Waals surface area (Å²) in [6.07, 6.45) is 5.28. The minimum Gasteiger partial charge on any atom is -0.458 e. The maximum atomic E-state index is 10.5. The summed E-state index contributed by atoms with van der Waals surface area (Å²) in [5.41, 5.74) is -6.15. The molecule has 1 aliphatic rings. The van der Waals surface area contributed by atoms with Crippen LogP contribution in [0.1, 0.15) is 101 Å². The van der Waals surface area contributed by atoms with Gasteiger partial charge in [0.05, 0.1) is 62.2 Å². The number of fused-ring (bicyclic) bond motifs is 10. The third kappa shape index (κ3) is 9.33. The lowest BCUT2D eigenvalue weighted by molar-refractivity contribution is -0.572. The first-order valence-corrected chi connectivity index (χ1v) is 28.0. The maximum Gasteiger partial charge on any atom is 0.269 e. The van der Waals surface area contributed by atoms with Crippen molar-refractivity contribution in [1.29, 1.82) is 0 Å². The summed E-state index contributed by atoms with van der Waals surface area (Å²) >= 11 is 0. The Morgan fingerprint density at radius 3 is 1.71 bits per heavy atom. The third-order valence-electron chi connectivity index (χ3n) is 15.7. The van der Waals surface area contributed by atoms with Crippen LogP contribution in [-0.4, -0.2) is 14.1 Å². The maximum absolute atomic E-state index is 10.5. The van der Waals surface area contributed by atoms with Gasteiger partial charge in [0.1, 0.15) is 17.3 Å². The van der Waals surface area contributed by atoms with Crippen LogP contribution in [0.4, 0.5) is 0 Å². The number of ether oxygens (including phenoxy) is 1. The van der Waals surface area contributed by atoms with Crippen molar-refractivity contribution in [1.82, 2.24) is 14.1 Å². The Labute approximate surface area is 547 Å². The van der Waals surface area contributed by atoms with Gasteiger partial charge in [0, 0.05) is 31.3 Å². The van der Waals surface area contributed by atoms with Gasteiger partial charge >= 0.3 is 0 Å². The molecule has 0 saturated heterocycles. The number of aromatic nitrogens is 4. The minimum atomic E-state index is -3.00. The van der Waals surface area contributed by atoms with Crippen molar-refractivity contribution in [3.05, 3.63) is 283 Å². The van der Waals surface area contributed by atoms with E-state index >= 15 is 0 Å². The Hall–Kier alpha value is -10.4. The van der Waals surface area contributed by atoms with Crippen molar-refractivity contribution in [2.24, 2.45) is 0 Å². The molecule has 420 valence electrons. The molecule has 0 N–H and O–H groups in total. The number of hydrogen-bond donors (Lipinski definition) is 0. The highest BCUT2D eigenvalue weighted by Crippen LogP contribution is 2.49. The highest BCUT2D eigenvalue weighted by molar-refractivity contribution is 6.10. The lowest BCUT2D eigenvalue weighted by atomic mass is 9.79. The molecule has 5 heteroatoms. The van der Waals surface area contributed by atoms with E-state index in [1.165, 1.54) is 45.5 Å². The zero-order chi connectivity index (χ0) is 82.6. The standard InChI is InChI=1S/C82H66N4O/c1-52-23-21-24-53(2)78(52)60-45-71-67-33-17-15-31-65(67)66-32-16-18-34-68(66)72-44-59(58-42-56(54-25-11-9-12-26-54)41-57(43-58)55-27-13-10-14-28-55)47-76-80(72)85(79(71)73(46-60)82(6,7)8)51-84(76)62-29-22-30-63(49-62)87-64-37-38-70-69-35-19-20-36-74(69)86(75(70)50-64)77-48-61(39-40-83-77)81(3,4)5/h9-50H,1-8H3/i1D3,2D3,9D,10D,11D,12D,13D,14D,15D,16D,17D,18D,25D,26D,27D,28D,31D,32D,33D,34D,41D,42D,43D. The highest BCUT2D eigenvalue weighted by Gasteiger charge is 2.31. The second kappa shape index (κ2) is 20.7. The molecular formula is C82H66N4O. The highest BCUT2D eigenvalue weighted by atomic mass is 16.5. The molecule has 0 radical (unpaired) electrons. The van der Waals surface area contributed by atoms with Crippen LogP contribution in [0.25, 0.3) is 128 Å². The Morgan fingerprint density at radius 1 is 0.471 bits per heavy atom. The van der Waals surface area contributed by atoms with Gasteiger partial charge in [0.25, 0.3) is 6.33 Å². The molecule has 3 aromatic heterocycles. The van der Waals surface area contributed by atoms with E-state index in [-0.39, 0.29) is 67.0 Å². The lowest BCUT2D eigenvalue weighted by Gasteiger charge is -2.28. The van der Waals surface area contributed by atoms with Crippen LogP contribution >= 0.6 is 0 Å². The third-order valence-corrected chi connectivity index (χ3v) is 15.7. The molecule has 0 unspecified atom stereocenters. The number of aryl methyl sites for hydroxylation is 2. The molecule has 15 rings (SSSR count). The monoisotopic (exact) mass is 1150 g/mol. The van der Waals surface area contributed by atoms with E-state index in [9.17, 15) is 20.6 Å². The Morgan fingerprint density at radius 2 is 1.06 bits per heavy atom. The van der Waals surface area contributed by atoms with Crippen LogP contribution in [-0.2, 0) is 10.8 Å². The number of pyridine rings is 1. The van der Waals surface area contributed by atoms with Gasteiger partial charge in [0.2, 0.25) is 0 Å². The number of nitrogens with zero attached hydrogens (tertiary/aromatic N) is 4. The summed E-state index contributed by atoms with van der Waals surface area (Å²) in [5.74, 6) is 1.19. The fraction of sp³-hybridized carbons (Fsp3) is 0.122. The predicted molar refractivity (Wildman–Crippen MR) is 361 cm³/mol. The SMILES string of the molecule is [2H]c1c([2H])c([2H])c(-c2c([2H])c(-c3cc4c5c(c3)n(-c3cccc(Oc6ccc7c8ccccc8n(-c8cc(C(C)(C)C)ccn8)c7c6)c3)[c-][n+]5-c3c(cc(-c5c(C([2H])([2H])[2H])cccc5C([2H])([2H])[2H])cc3C(C)(C)C)-c3c([2H])c([2H])c([2H])c([2H])c3-c3c([2H])c([2H])c([2H])c([2H])c3-4)c([2H])c(-c3c([2H])c([2H])c([2H])c([2H])c3[2H])c2[2H])c([2H])c1[2H]. The van der Waals surface area contributed by atoms with Gasteiger partial charge in [-0.15, -0.1) is 0 Å². The molecule has 0 amide bonds. The largest absolute Gasteiger partial charge is 0.458 e. The average Bonchev–Trinajstić information content (AvgIpc) is 1.45. The van der Waals surface area contributed by atoms with Gasteiger partial charge in [-0.3, -0.25) is 13.7 Å². The Bertz CT molecular complexity index is 6410. The molecular weight excluding hydrogens is 1060 g/mol. The van der Waals surface area contributed by atoms with Crippen molar-refractivity contribution >= 4 is 32.8 Å². The van der Waals surface area contributed by atoms with Crippen LogP contribution in [0, 0.1) is 20.0 Å². The van der Waals surface area contributed by atoms with E-state index in [4.69, 9.17) is 26.2 Å². The van der Waals surface area contributed by atoms with Gasteiger partial charge < -0.3 is 4.74 Å². The molecule has 0 aliphatic carbocycles. The second-order valence-electron chi connectivity index (χ2n) is 23.3. The van der Waals surface area contributed by atoms with Crippen molar-refractivity contribution < 1.29 is 46.3 Å². The van der Waals surface area contributed by atoms with E-state index in [1.807, 2.05) is 53.1 Å². The van der Waals surface area contributed by atoms with Crippen LogP contribution in [0.15, 0.2) is 254 Å². The zero-order valence-corrected chi connectivity index (χ0v) is 47.8. The summed E-state index contributed by atoms with van der Waals surface area (Å²) in [6.45, 7) is 5.64. The van der Waals surface area contributed by atoms with Crippen molar-refractivity contribution in [2.45, 2.75) is 66.1 Å². The Kier molecular flexibility index (Phi) is 7.54. The normalized spacial score (nSPS) is 16.8. The lowest BCUT2D eigenvalue weighted by Crippen LogP contribution is -2.35. The first-order chi connectivity index (χ1) is 53.4. The molecule has 5 nitrogen and oxygen atoms in total. The number of hydrogen-bond acceptors (Lipinski definition) is 2. The molecule has 11 aromatic carbocycles. The van der Waals surface area contributed by atoms with E-state index in [0.29, 0.717) is 11.6 Å². The molecule has 1 aliphatic heterocycles. The smallest absolute Gasteiger partial charge is 0.269 e. The first-order valence-electron chi connectivity index (χ1n) is 41.5. The van der Waals surface area contributed by atoms with Crippen molar-refractivity contribution in [3.63, 3.8) is 0 Å². The van der Waals surface area contributed by atoms with Crippen molar-refractivity contribution in [2.75, 3.05) is 0 Å². The van der Waals surface area contributed by atoms with Crippen molar-refractivity contribution in [3.8, 4) is 107 Å². The molecule has 14 aromatic rings. The number of para-hydroxylation sites is 1. The van der Waals surface area contributed by atoms with E-state index in [2.05, 4.69) is 27.1 Å². The summed E-state index contributed by atoms with van der Waals surface area (Å²) in [6, 6.07) is 14.7. The fourth-order valence-electron chi connectivity index (χ4n) is 11.7.